The van der Waals surface area contributed by atoms with E-state index >= 15 is 0 Å². The molecule has 0 heterocycles. The lowest BCUT2D eigenvalue weighted by atomic mass is 10.4. The zero-order valence-corrected chi connectivity index (χ0v) is 9.80. The third kappa shape index (κ3) is 7.97. The van der Waals surface area contributed by atoms with Gasteiger partial charge in [0.2, 0.25) is 0 Å². The summed E-state index contributed by atoms with van der Waals surface area (Å²) in [6.45, 7) is 0.958. The smallest absolute Gasteiger partial charge is 0.328 e. The minimum atomic E-state index is -1.25. The molecule has 0 aromatic heterocycles. The van der Waals surface area contributed by atoms with Crippen molar-refractivity contribution >= 4 is 17.9 Å². The molecule has 3 amide bonds. The highest BCUT2D eigenvalue weighted by molar-refractivity contribution is 6.02. The van der Waals surface area contributed by atoms with E-state index in [0.717, 1.165) is 6.08 Å². The van der Waals surface area contributed by atoms with Crippen molar-refractivity contribution < 1.29 is 24.2 Å². The summed E-state index contributed by atoms with van der Waals surface area (Å²) in [5, 5.41) is 10.3. The molecule has 0 saturated carbocycles. The van der Waals surface area contributed by atoms with E-state index in [0.29, 0.717) is 25.6 Å². The van der Waals surface area contributed by atoms with Gasteiger partial charge in [-0.25, -0.2) is 9.59 Å². The Morgan fingerprint density at radius 1 is 1.35 bits per heavy atom. The number of ether oxygens (including phenoxy) is 1. The molecule has 0 atom stereocenters. The number of carboxylic acids is 1. The maximum Gasteiger partial charge on any atom is 0.328 e. The Kier molecular flexibility index (Phi) is 7.36. The molecule has 0 rings (SSSR count). The maximum atomic E-state index is 11.4. The predicted molar refractivity (Wildman–Crippen MR) is 59.4 cm³/mol. The highest BCUT2D eigenvalue weighted by atomic mass is 16.5. The third-order valence-electron chi connectivity index (χ3n) is 1.80. The molecule has 0 radical (unpaired) electrons. The van der Waals surface area contributed by atoms with Crippen molar-refractivity contribution in [3.05, 3.63) is 12.2 Å². The van der Waals surface area contributed by atoms with Gasteiger partial charge in [0.1, 0.15) is 0 Å². The van der Waals surface area contributed by atoms with Crippen LogP contribution in [-0.2, 0) is 14.3 Å². The predicted octanol–water partition coefficient (Wildman–Crippen LogP) is -0.168. The summed E-state index contributed by atoms with van der Waals surface area (Å²) in [4.78, 5) is 33.9. The van der Waals surface area contributed by atoms with Crippen molar-refractivity contribution in [3.63, 3.8) is 0 Å². The minimum absolute atomic E-state index is 0.440. The van der Waals surface area contributed by atoms with E-state index < -0.39 is 17.9 Å². The maximum absolute atomic E-state index is 11.4. The molecule has 7 heteroatoms. The number of imide groups is 1. The van der Waals surface area contributed by atoms with E-state index in [9.17, 15) is 14.4 Å². The summed E-state index contributed by atoms with van der Waals surface area (Å²) in [5.74, 6) is -2.02. The number of hydrogen-bond donors (Lipinski definition) is 2. The van der Waals surface area contributed by atoms with Crippen molar-refractivity contribution in [2.75, 3.05) is 27.3 Å². The number of rotatable bonds is 6. The molecule has 0 unspecified atom stereocenters. The Morgan fingerprint density at radius 3 is 2.53 bits per heavy atom. The average Bonchev–Trinajstić information content (AvgIpc) is 2.26. The average molecular weight is 244 g/mol. The summed E-state index contributed by atoms with van der Waals surface area (Å²) >= 11 is 0. The van der Waals surface area contributed by atoms with Crippen molar-refractivity contribution in [2.24, 2.45) is 0 Å². The quantitative estimate of drug-likeness (QED) is 0.499. The molecular weight excluding hydrogens is 228 g/mol. The van der Waals surface area contributed by atoms with Crippen LogP contribution in [0.4, 0.5) is 4.79 Å². The number of amides is 3. The molecule has 0 aliphatic heterocycles. The fraction of sp³-hybridized carbons (Fsp3) is 0.500. The lowest BCUT2D eigenvalue weighted by molar-refractivity contribution is -0.131. The number of carboxylic acid groups (broad SMARTS) is 1. The first kappa shape index (κ1) is 15.1. The third-order valence-corrected chi connectivity index (χ3v) is 1.80. The fourth-order valence-electron chi connectivity index (χ4n) is 0.937. The Balaban J connectivity index is 3.98. The molecule has 0 bridgehead atoms. The van der Waals surface area contributed by atoms with Gasteiger partial charge in [0.25, 0.3) is 5.91 Å². The van der Waals surface area contributed by atoms with Crippen LogP contribution in [0, 0.1) is 0 Å². The van der Waals surface area contributed by atoms with Gasteiger partial charge in [-0.2, -0.15) is 0 Å². The Morgan fingerprint density at radius 2 is 2.00 bits per heavy atom. The topological polar surface area (TPSA) is 95.9 Å². The second-order valence-corrected chi connectivity index (χ2v) is 3.23. The number of carbonyl (C=O) groups is 3. The van der Waals surface area contributed by atoms with E-state index in [1.165, 1.54) is 11.9 Å². The van der Waals surface area contributed by atoms with Gasteiger partial charge in [0.15, 0.2) is 0 Å². The van der Waals surface area contributed by atoms with Gasteiger partial charge in [-0.3, -0.25) is 10.1 Å². The SMILES string of the molecule is COCCCN(C)C(=O)NC(=O)C=CC(=O)O. The van der Waals surface area contributed by atoms with Gasteiger partial charge < -0.3 is 14.7 Å². The highest BCUT2D eigenvalue weighted by Crippen LogP contribution is 1.89. The molecule has 0 aromatic carbocycles. The molecule has 0 aromatic rings. The largest absolute Gasteiger partial charge is 0.478 e. The summed E-state index contributed by atoms with van der Waals surface area (Å²) < 4.78 is 4.82. The number of carbonyl (C=O) groups excluding carboxylic acids is 2. The summed E-state index contributed by atoms with van der Waals surface area (Å²) in [5.41, 5.74) is 0. The second-order valence-electron chi connectivity index (χ2n) is 3.23. The molecule has 0 spiro atoms. The van der Waals surface area contributed by atoms with E-state index in [2.05, 4.69) is 0 Å². The van der Waals surface area contributed by atoms with Gasteiger partial charge in [-0.15, -0.1) is 0 Å². The molecule has 17 heavy (non-hydrogen) atoms. The lowest BCUT2D eigenvalue weighted by Crippen LogP contribution is -2.40. The van der Waals surface area contributed by atoms with Gasteiger partial charge in [-0.05, 0) is 6.42 Å². The zero-order valence-electron chi connectivity index (χ0n) is 9.80. The van der Waals surface area contributed by atoms with Crippen LogP contribution in [0.25, 0.3) is 0 Å². The highest BCUT2D eigenvalue weighted by Gasteiger charge is 2.10. The second kappa shape index (κ2) is 8.28. The van der Waals surface area contributed by atoms with Gasteiger partial charge in [-0.1, -0.05) is 0 Å². The number of urea groups is 1. The van der Waals surface area contributed by atoms with Crippen LogP contribution < -0.4 is 5.32 Å². The first-order valence-corrected chi connectivity index (χ1v) is 4.93. The Labute approximate surface area is 99.0 Å². The normalized spacial score (nSPS) is 10.2. The summed E-state index contributed by atoms with van der Waals surface area (Å²) in [6.07, 6.45) is 2.09. The number of hydrogen-bond acceptors (Lipinski definition) is 4. The molecule has 0 aliphatic carbocycles. The van der Waals surface area contributed by atoms with Crippen molar-refractivity contribution in [1.82, 2.24) is 10.2 Å². The summed E-state index contributed by atoms with van der Waals surface area (Å²) in [6, 6.07) is -0.582. The summed E-state index contributed by atoms with van der Waals surface area (Å²) in [7, 11) is 3.08. The van der Waals surface area contributed by atoms with Crippen molar-refractivity contribution in [3.8, 4) is 0 Å². The first-order chi connectivity index (χ1) is 7.97. The minimum Gasteiger partial charge on any atom is -0.478 e. The molecule has 0 aliphatic rings. The van der Waals surface area contributed by atoms with Gasteiger partial charge in [0, 0.05) is 39.5 Å². The van der Waals surface area contributed by atoms with Crippen LogP contribution >= 0.6 is 0 Å². The Hall–Kier alpha value is -1.89. The van der Waals surface area contributed by atoms with E-state index in [1.807, 2.05) is 5.32 Å². The van der Waals surface area contributed by atoms with Crippen LogP contribution in [0.3, 0.4) is 0 Å². The van der Waals surface area contributed by atoms with Crippen molar-refractivity contribution in [2.45, 2.75) is 6.42 Å². The van der Waals surface area contributed by atoms with Crippen molar-refractivity contribution in [1.29, 1.82) is 0 Å². The Bertz CT molecular complexity index is 314. The monoisotopic (exact) mass is 244 g/mol. The van der Waals surface area contributed by atoms with Gasteiger partial charge >= 0.3 is 12.0 Å². The number of methoxy groups -OCH3 is 1. The van der Waals surface area contributed by atoms with Crippen LogP contribution in [0.15, 0.2) is 12.2 Å². The molecular formula is C10H16N2O5. The molecule has 7 nitrogen and oxygen atoms in total. The van der Waals surface area contributed by atoms with E-state index in [-0.39, 0.29) is 0 Å². The number of aliphatic carboxylic acids is 1. The van der Waals surface area contributed by atoms with E-state index in [1.54, 1.807) is 7.11 Å². The molecule has 0 fully saturated rings. The number of nitrogens with one attached hydrogen (secondary N) is 1. The zero-order chi connectivity index (χ0) is 13.3. The number of nitrogens with zero attached hydrogens (tertiary/aromatic N) is 1. The molecule has 2 N–H and O–H groups in total. The van der Waals surface area contributed by atoms with Crippen LogP contribution in [0.2, 0.25) is 0 Å². The lowest BCUT2D eigenvalue weighted by Gasteiger charge is -2.16. The van der Waals surface area contributed by atoms with Crippen LogP contribution in [0.5, 0.6) is 0 Å². The molecule has 96 valence electrons. The molecule has 0 saturated heterocycles. The first-order valence-electron chi connectivity index (χ1n) is 4.93. The van der Waals surface area contributed by atoms with Gasteiger partial charge in [0.05, 0.1) is 0 Å². The van der Waals surface area contributed by atoms with Crippen LogP contribution in [-0.4, -0.2) is 55.2 Å². The fourth-order valence-corrected chi connectivity index (χ4v) is 0.937. The standard InChI is InChI=1S/C10H16N2O5/c1-12(6-3-7-17-2)10(16)11-8(13)4-5-9(14)15/h4-5H,3,6-7H2,1-2H3,(H,14,15)(H,11,13,16). The van der Waals surface area contributed by atoms with E-state index in [4.69, 9.17) is 9.84 Å². The van der Waals surface area contributed by atoms with Crippen LogP contribution in [0.1, 0.15) is 6.42 Å².